The second-order valence-corrected chi connectivity index (χ2v) is 3.63. The van der Waals surface area contributed by atoms with Crippen LogP contribution in [0.1, 0.15) is 5.56 Å². The van der Waals surface area contributed by atoms with Gasteiger partial charge in [-0.15, -0.1) is 0 Å². The van der Waals surface area contributed by atoms with Gasteiger partial charge in [0.1, 0.15) is 5.82 Å². The largest absolute Gasteiger partial charge is 0.401 e. The van der Waals surface area contributed by atoms with Crippen molar-refractivity contribution >= 4 is 5.91 Å². The Kier molecular flexibility index (Phi) is 5.08. The molecule has 0 aliphatic heterocycles. The van der Waals surface area contributed by atoms with Crippen molar-refractivity contribution in [3.8, 4) is 0 Å². The van der Waals surface area contributed by atoms with Crippen molar-refractivity contribution in [2.45, 2.75) is 12.7 Å². The number of hydrogen-bond acceptors (Lipinski definition) is 2. The molecule has 0 saturated heterocycles. The number of rotatable bonds is 5. The maximum absolute atomic E-state index is 12.8. The molecular weight excluding hydrogens is 252 g/mol. The highest BCUT2D eigenvalue weighted by Gasteiger charge is 2.26. The summed E-state index contributed by atoms with van der Waals surface area (Å²) in [6.07, 6.45) is -4.34. The first-order chi connectivity index (χ1) is 8.37. The van der Waals surface area contributed by atoms with Crippen LogP contribution < -0.4 is 10.6 Å². The van der Waals surface area contributed by atoms with Crippen molar-refractivity contribution in [2.24, 2.45) is 0 Å². The molecule has 0 saturated carbocycles. The lowest BCUT2D eigenvalue weighted by atomic mass is 10.2. The van der Waals surface area contributed by atoms with Gasteiger partial charge < -0.3 is 10.6 Å². The Morgan fingerprint density at radius 3 is 2.61 bits per heavy atom. The van der Waals surface area contributed by atoms with Crippen molar-refractivity contribution in [3.63, 3.8) is 0 Å². The molecule has 0 radical (unpaired) electrons. The van der Waals surface area contributed by atoms with E-state index in [1.54, 1.807) is 6.07 Å². The Balaban J connectivity index is 2.25. The molecule has 0 aromatic heterocycles. The van der Waals surface area contributed by atoms with E-state index in [1.807, 2.05) is 5.32 Å². The highest BCUT2D eigenvalue weighted by molar-refractivity contribution is 5.77. The monoisotopic (exact) mass is 264 g/mol. The van der Waals surface area contributed by atoms with Gasteiger partial charge in [0.15, 0.2) is 0 Å². The van der Waals surface area contributed by atoms with E-state index in [2.05, 4.69) is 5.32 Å². The van der Waals surface area contributed by atoms with E-state index < -0.39 is 31.0 Å². The zero-order chi connectivity index (χ0) is 13.6. The Hall–Kier alpha value is -1.63. The lowest BCUT2D eigenvalue weighted by Gasteiger charge is -2.08. The Bertz CT molecular complexity index is 406. The van der Waals surface area contributed by atoms with Crippen molar-refractivity contribution in [2.75, 3.05) is 13.1 Å². The van der Waals surface area contributed by atoms with Crippen molar-refractivity contribution in [1.29, 1.82) is 0 Å². The molecule has 3 nitrogen and oxygen atoms in total. The fourth-order valence-electron chi connectivity index (χ4n) is 1.23. The minimum atomic E-state index is -4.34. The lowest BCUT2D eigenvalue weighted by Crippen LogP contribution is -2.38. The van der Waals surface area contributed by atoms with Crippen LogP contribution in [0.15, 0.2) is 24.3 Å². The fourth-order valence-corrected chi connectivity index (χ4v) is 1.23. The first kappa shape index (κ1) is 14.4. The van der Waals surface area contributed by atoms with Gasteiger partial charge in [-0.1, -0.05) is 12.1 Å². The molecule has 2 N–H and O–H groups in total. The molecule has 1 amide bonds. The van der Waals surface area contributed by atoms with Gasteiger partial charge in [0, 0.05) is 6.54 Å². The van der Waals surface area contributed by atoms with Crippen molar-refractivity contribution < 1.29 is 22.4 Å². The van der Waals surface area contributed by atoms with E-state index in [4.69, 9.17) is 0 Å². The number of alkyl halides is 3. The number of halogens is 4. The number of amides is 1. The van der Waals surface area contributed by atoms with E-state index >= 15 is 0 Å². The second kappa shape index (κ2) is 6.34. The van der Waals surface area contributed by atoms with E-state index in [1.165, 1.54) is 18.2 Å². The summed E-state index contributed by atoms with van der Waals surface area (Å²) >= 11 is 0. The van der Waals surface area contributed by atoms with Gasteiger partial charge >= 0.3 is 6.18 Å². The van der Waals surface area contributed by atoms with Crippen LogP contribution in [-0.4, -0.2) is 25.2 Å². The summed E-state index contributed by atoms with van der Waals surface area (Å²) < 4.78 is 48.1. The quantitative estimate of drug-likeness (QED) is 0.793. The standard InChI is InChI=1S/C11H12F4N2O/c12-9-3-1-2-8(4-9)5-17-10(18)6-16-7-11(13,14)15/h1-4,16H,5-7H2,(H,17,18). The maximum atomic E-state index is 12.8. The third-order valence-corrected chi connectivity index (χ3v) is 1.99. The van der Waals surface area contributed by atoms with Crippen LogP contribution in [-0.2, 0) is 11.3 Å². The maximum Gasteiger partial charge on any atom is 0.401 e. The number of carbonyl (C=O) groups is 1. The third kappa shape index (κ3) is 6.19. The van der Waals surface area contributed by atoms with Gasteiger partial charge in [0.05, 0.1) is 13.1 Å². The van der Waals surface area contributed by atoms with Crippen LogP contribution in [0.2, 0.25) is 0 Å². The molecule has 0 spiro atoms. The van der Waals surface area contributed by atoms with Crippen molar-refractivity contribution in [3.05, 3.63) is 35.6 Å². The average molecular weight is 264 g/mol. The highest BCUT2D eigenvalue weighted by Crippen LogP contribution is 2.11. The van der Waals surface area contributed by atoms with Crippen LogP contribution in [0.3, 0.4) is 0 Å². The van der Waals surface area contributed by atoms with Gasteiger partial charge in [0.25, 0.3) is 0 Å². The molecule has 7 heteroatoms. The lowest BCUT2D eigenvalue weighted by molar-refractivity contribution is -0.128. The smallest absolute Gasteiger partial charge is 0.351 e. The van der Waals surface area contributed by atoms with Gasteiger partial charge in [-0.3, -0.25) is 4.79 Å². The van der Waals surface area contributed by atoms with Gasteiger partial charge in [0.2, 0.25) is 5.91 Å². The molecule has 1 aromatic rings. The summed E-state index contributed by atoms with van der Waals surface area (Å²) in [5, 5.41) is 4.34. The molecule has 0 fully saturated rings. The summed E-state index contributed by atoms with van der Waals surface area (Å²) in [4.78, 5) is 11.2. The molecule has 1 rings (SSSR count). The summed E-state index contributed by atoms with van der Waals surface area (Å²) in [5.74, 6) is -1.01. The van der Waals surface area contributed by atoms with Crippen molar-refractivity contribution in [1.82, 2.24) is 10.6 Å². The Morgan fingerprint density at radius 2 is 2.00 bits per heavy atom. The molecule has 0 bridgehead atoms. The van der Waals surface area contributed by atoms with E-state index in [0.717, 1.165) is 0 Å². The molecule has 0 atom stereocenters. The van der Waals surface area contributed by atoms with E-state index in [9.17, 15) is 22.4 Å². The molecule has 1 aromatic carbocycles. The predicted octanol–water partition coefficient (Wildman–Crippen LogP) is 1.59. The summed E-state index contributed by atoms with van der Waals surface area (Å²) in [6.45, 7) is -1.58. The Morgan fingerprint density at radius 1 is 1.28 bits per heavy atom. The normalized spacial score (nSPS) is 11.3. The molecule has 100 valence electrons. The molecule has 0 heterocycles. The zero-order valence-electron chi connectivity index (χ0n) is 9.35. The third-order valence-electron chi connectivity index (χ3n) is 1.99. The fraction of sp³-hybridized carbons (Fsp3) is 0.364. The minimum absolute atomic E-state index is 0.0737. The second-order valence-electron chi connectivity index (χ2n) is 3.63. The van der Waals surface area contributed by atoms with Crippen LogP contribution in [0.25, 0.3) is 0 Å². The van der Waals surface area contributed by atoms with E-state index in [-0.39, 0.29) is 6.54 Å². The summed E-state index contributed by atoms with van der Waals surface area (Å²) in [7, 11) is 0. The zero-order valence-corrected chi connectivity index (χ0v) is 9.35. The molecular formula is C11H12F4N2O. The predicted molar refractivity (Wildman–Crippen MR) is 57.2 cm³/mol. The topological polar surface area (TPSA) is 41.1 Å². The van der Waals surface area contributed by atoms with Crippen LogP contribution >= 0.6 is 0 Å². The minimum Gasteiger partial charge on any atom is -0.351 e. The Labute approximate surface area is 101 Å². The van der Waals surface area contributed by atoms with Gasteiger partial charge in [-0.25, -0.2) is 4.39 Å². The number of nitrogens with one attached hydrogen (secondary N) is 2. The van der Waals surface area contributed by atoms with Crippen LogP contribution in [0, 0.1) is 5.82 Å². The SMILES string of the molecule is O=C(CNCC(F)(F)F)NCc1cccc(F)c1. The number of carbonyl (C=O) groups excluding carboxylic acids is 1. The molecule has 0 unspecified atom stereocenters. The van der Waals surface area contributed by atoms with Gasteiger partial charge in [-0.2, -0.15) is 13.2 Å². The molecule has 0 aliphatic carbocycles. The van der Waals surface area contributed by atoms with Gasteiger partial charge in [-0.05, 0) is 17.7 Å². The first-order valence-electron chi connectivity index (χ1n) is 5.15. The number of hydrogen-bond donors (Lipinski definition) is 2. The highest BCUT2D eigenvalue weighted by atomic mass is 19.4. The van der Waals surface area contributed by atoms with Crippen LogP contribution in [0.5, 0.6) is 0 Å². The van der Waals surface area contributed by atoms with Crippen LogP contribution in [0.4, 0.5) is 17.6 Å². The average Bonchev–Trinajstić information content (AvgIpc) is 2.25. The number of benzene rings is 1. The molecule has 0 aliphatic rings. The summed E-state index contributed by atoms with van der Waals surface area (Å²) in [6, 6.07) is 5.59. The first-order valence-corrected chi connectivity index (χ1v) is 5.15. The van der Waals surface area contributed by atoms with E-state index in [0.29, 0.717) is 5.56 Å². The molecule has 18 heavy (non-hydrogen) atoms. The summed E-state index contributed by atoms with van der Waals surface area (Å²) in [5.41, 5.74) is 0.541.